The second-order valence-corrected chi connectivity index (χ2v) is 7.50. The molecule has 0 radical (unpaired) electrons. The van der Waals surface area contributed by atoms with Gasteiger partial charge in [0.25, 0.3) is 5.91 Å². The van der Waals surface area contributed by atoms with Crippen LogP contribution in [-0.4, -0.2) is 15.9 Å². The van der Waals surface area contributed by atoms with E-state index >= 15 is 0 Å². The first kappa shape index (κ1) is 16.2. The number of thiazole rings is 1. The zero-order valence-corrected chi connectivity index (χ0v) is 15.9. The molecule has 4 nitrogen and oxygen atoms in total. The third kappa shape index (κ3) is 3.40. The van der Waals surface area contributed by atoms with Crippen molar-refractivity contribution < 1.29 is 4.79 Å². The first-order valence-corrected chi connectivity index (χ1v) is 9.48. The number of rotatable bonds is 3. The standard InChI is InChI=1S/C19H12IN3OS/c20-15-5-2-1-4-14(15)17(24)22-13-9-7-12(8-10-13)18-23-16-6-3-11-21-19(16)25-18/h1-11H,(H,22,24). The van der Waals surface area contributed by atoms with Crippen molar-refractivity contribution in [2.45, 2.75) is 0 Å². The van der Waals surface area contributed by atoms with Gasteiger partial charge in [-0.05, 0) is 71.1 Å². The van der Waals surface area contributed by atoms with Crippen molar-refractivity contribution >= 4 is 55.9 Å². The Kier molecular flexibility index (Phi) is 4.46. The number of aromatic nitrogens is 2. The van der Waals surface area contributed by atoms with E-state index in [1.165, 1.54) is 0 Å². The number of halogens is 1. The fourth-order valence-corrected chi connectivity index (χ4v) is 3.98. The molecular formula is C19H12IN3OS. The van der Waals surface area contributed by atoms with E-state index in [9.17, 15) is 4.79 Å². The zero-order chi connectivity index (χ0) is 17.2. The van der Waals surface area contributed by atoms with Crippen LogP contribution >= 0.6 is 33.9 Å². The fraction of sp³-hybridized carbons (Fsp3) is 0. The molecule has 0 spiro atoms. The third-order valence-electron chi connectivity index (χ3n) is 3.67. The summed E-state index contributed by atoms with van der Waals surface area (Å²) in [6, 6.07) is 19.1. The van der Waals surface area contributed by atoms with Crippen molar-refractivity contribution in [3.8, 4) is 10.6 Å². The van der Waals surface area contributed by atoms with Gasteiger partial charge in [-0.1, -0.05) is 23.5 Å². The Balaban J connectivity index is 1.56. The summed E-state index contributed by atoms with van der Waals surface area (Å²) in [6.07, 6.45) is 1.77. The first-order valence-electron chi connectivity index (χ1n) is 7.58. The number of fused-ring (bicyclic) bond motifs is 1. The molecular weight excluding hydrogens is 445 g/mol. The van der Waals surface area contributed by atoms with E-state index in [1.54, 1.807) is 17.5 Å². The van der Waals surface area contributed by atoms with E-state index in [1.807, 2.05) is 60.7 Å². The van der Waals surface area contributed by atoms with Gasteiger partial charge in [0, 0.05) is 21.0 Å². The largest absolute Gasteiger partial charge is 0.322 e. The molecule has 0 unspecified atom stereocenters. The number of hydrogen-bond acceptors (Lipinski definition) is 4. The Morgan fingerprint density at radius 1 is 1.00 bits per heavy atom. The van der Waals surface area contributed by atoms with Crippen LogP contribution in [0, 0.1) is 3.57 Å². The predicted molar refractivity (Wildman–Crippen MR) is 110 cm³/mol. The minimum atomic E-state index is -0.109. The quantitative estimate of drug-likeness (QED) is 0.430. The maximum absolute atomic E-state index is 12.4. The smallest absolute Gasteiger partial charge is 0.256 e. The van der Waals surface area contributed by atoms with Gasteiger partial charge >= 0.3 is 0 Å². The number of carbonyl (C=O) groups excluding carboxylic acids is 1. The van der Waals surface area contributed by atoms with Crippen molar-refractivity contribution in [2.75, 3.05) is 5.32 Å². The molecule has 122 valence electrons. The highest BCUT2D eigenvalue weighted by Gasteiger charge is 2.10. The van der Waals surface area contributed by atoms with Gasteiger partial charge in [-0.3, -0.25) is 4.79 Å². The summed E-state index contributed by atoms with van der Waals surface area (Å²) in [7, 11) is 0. The van der Waals surface area contributed by atoms with Crippen molar-refractivity contribution in [1.82, 2.24) is 9.97 Å². The third-order valence-corrected chi connectivity index (χ3v) is 5.64. The van der Waals surface area contributed by atoms with Crippen molar-refractivity contribution in [3.05, 3.63) is 76.0 Å². The second kappa shape index (κ2) is 6.89. The second-order valence-electron chi connectivity index (χ2n) is 5.36. The summed E-state index contributed by atoms with van der Waals surface area (Å²) < 4.78 is 0.927. The molecule has 2 aromatic carbocycles. The molecule has 1 amide bonds. The van der Waals surface area contributed by atoms with Crippen LogP contribution in [0.25, 0.3) is 20.9 Å². The molecule has 0 atom stereocenters. The number of benzene rings is 2. The Morgan fingerprint density at radius 2 is 1.80 bits per heavy atom. The number of nitrogens with one attached hydrogen (secondary N) is 1. The highest BCUT2D eigenvalue weighted by atomic mass is 127. The highest BCUT2D eigenvalue weighted by Crippen LogP contribution is 2.29. The molecule has 4 aromatic rings. The van der Waals surface area contributed by atoms with E-state index < -0.39 is 0 Å². The predicted octanol–water partition coefficient (Wildman–Crippen LogP) is 5.22. The van der Waals surface area contributed by atoms with Gasteiger partial charge in [0.2, 0.25) is 0 Å². The number of amides is 1. The van der Waals surface area contributed by atoms with Crippen molar-refractivity contribution in [2.24, 2.45) is 0 Å². The van der Waals surface area contributed by atoms with Crippen LogP contribution < -0.4 is 5.32 Å². The normalized spacial score (nSPS) is 10.8. The number of anilines is 1. The van der Waals surface area contributed by atoms with Crippen LogP contribution in [0.4, 0.5) is 5.69 Å². The fourth-order valence-electron chi connectivity index (χ4n) is 2.43. The number of nitrogens with zero attached hydrogens (tertiary/aromatic N) is 2. The lowest BCUT2D eigenvalue weighted by atomic mass is 10.2. The van der Waals surface area contributed by atoms with Gasteiger partial charge in [0.15, 0.2) is 0 Å². The molecule has 0 aliphatic heterocycles. The molecule has 0 saturated carbocycles. The van der Waals surface area contributed by atoms with Gasteiger partial charge in [-0.25, -0.2) is 9.97 Å². The molecule has 0 aliphatic rings. The van der Waals surface area contributed by atoms with Crippen LogP contribution in [0.1, 0.15) is 10.4 Å². The molecule has 4 rings (SSSR count). The lowest BCUT2D eigenvalue weighted by molar-refractivity contribution is 0.102. The minimum Gasteiger partial charge on any atom is -0.322 e. The molecule has 0 fully saturated rings. The van der Waals surface area contributed by atoms with Gasteiger partial charge < -0.3 is 5.32 Å². The molecule has 6 heteroatoms. The summed E-state index contributed by atoms with van der Waals surface area (Å²) in [5, 5.41) is 3.85. The summed E-state index contributed by atoms with van der Waals surface area (Å²) >= 11 is 3.72. The summed E-state index contributed by atoms with van der Waals surface area (Å²) in [4.78, 5) is 22.2. The van der Waals surface area contributed by atoms with E-state index in [-0.39, 0.29) is 5.91 Å². The molecule has 0 bridgehead atoms. The Hall–Kier alpha value is -2.32. The lowest BCUT2D eigenvalue weighted by Gasteiger charge is -2.07. The lowest BCUT2D eigenvalue weighted by Crippen LogP contribution is -2.13. The number of hydrogen-bond donors (Lipinski definition) is 1. The summed E-state index contributed by atoms with van der Waals surface area (Å²) in [6.45, 7) is 0. The Bertz CT molecular complexity index is 1030. The Morgan fingerprint density at radius 3 is 2.56 bits per heavy atom. The minimum absolute atomic E-state index is 0.109. The number of carbonyl (C=O) groups is 1. The van der Waals surface area contributed by atoms with Crippen molar-refractivity contribution in [3.63, 3.8) is 0 Å². The van der Waals surface area contributed by atoms with Crippen LogP contribution in [0.5, 0.6) is 0 Å². The van der Waals surface area contributed by atoms with Crippen LogP contribution in [0.15, 0.2) is 66.9 Å². The van der Waals surface area contributed by atoms with Crippen LogP contribution in [0.3, 0.4) is 0 Å². The van der Waals surface area contributed by atoms with E-state index in [0.717, 1.165) is 30.2 Å². The van der Waals surface area contributed by atoms with E-state index in [4.69, 9.17) is 0 Å². The zero-order valence-electron chi connectivity index (χ0n) is 12.9. The SMILES string of the molecule is O=C(Nc1ccc(-c2nc3cccnc3s2)cc1)c1ccccc1I. The Labute approximate surface area is 162 Å². The maximum Gasteiger partial charge on any atom is 0.256 e. The molecule has 25 heavy (non-hydrogen) atoms. The van der Waals surface area contributed by atoms with Crippen LogP contribution in [0.2, 0.25) is 0 Å². The molecule has 0 aliphatic carbocycles. The first-order chi connectivity index (χ1) is 12.2. The molecule has 0 saturated heterocycles. The molecule has 1 N–H and O–H groups in total. The summed E-state index contributed by atoms with van der Waals surface area (Å²) in [5.41, 5.74) is 3.34. The van der Waals surface area contributed by atoms with Gasteiger partial charge in [-0.15, -0.1) is 0 Å². The van der Waals surface area contributed by atoms with Gasteiger partial charge in [-0.2, -0.15) is 0 Å². The highest BCUT2D eigenvalue weighted by molar-refractivity contribution is 14.1. The topological polar surface area (TPSA) is 54.9 Å². The van der Waals surface area contributed by atoms with E-state index in [2.05, 4.69) is 37.9 Å². The average Bonchev–Trinajstić information content (AvgIpc) is 3.07. The average molecular weight is 457 g/mol. The molecule has 2 aromatic heterocycles. The van der Waals surface area contributed by atoms with Crippen LogP contribution in [-0.2, 0) is 0 Å². The molecule has 2 heterocycles. The van der Waals surface area contributed by atoms with E-state index in [0.29, 0.717) is 5.56 Å². The van der Waals surface area contributed by atoms with Crippen molar-refractivity contribution in [1.29, 1.82) is 0 Å². The van der Waals surface area contributed by atoms with Gasteiger partial charge in [0.05, 0.1) is 5.56 Å². The summed E-state index contributed by atoms with van der Waals surface area (Å²) in [5.74, 6) is -0.109. The maximum atomic E-state index is 12.4. The van der Waals surface area contributed by atoms with Gasteiger partial charge in [0.1, 0.15) is 15.4 Å². The number of pyridine rings is 1. The monoisotopic (exact) mass is 457 g/mol.